The van der Waals surface area contributed by atoms with E-state index in [4.69, 9.17) is 16.3 Å². The zero-order chi connectivity index (χ0) is 30.5. The lowest BCUT2D eigenvalue weighted by molar-refractivity contribution is -0.385. The zero-order valence-corrected chi connectivity index (χ0v) is 24.2. The third-order valence-corrected chi connectivity index (χ3v) is 8.36. The molecule has 14 heteroatoms. The van der Waals surface area contributed by atoms with E-state index in [1.165, 1.54) is 76.5 Å². The van der Waals surface area contributed by atoms with Crippen LogP contribution < -0.4 is 14.4 Å². The van der Waals surface area contributed by atoms with Crippen LogP contribution in [0.5, 0.6) is 5.75 Å². The second-order valence-electron chi connectivity index (χ2n) is 8.94. The molecule has 0 fully saturated rings. The number of hydrogen-bond acceptors (Lipinski definition) is 7. The van der Waals surface area contributed by atoms with Gasteiger partial charge in [0.1, 0.15) is 24.2 Å². The van der Waals surface area contributed by atoms with E-state index >= 15 is 0 Å². The van der Waals surface area contributed by atoms with Crippen molar-refractivity contribution < 1.29 is 32.1 Å². The summed E-state index contributed by atoms with van der Waals surface area (Å²) in [6, 6.07) is 12.0. The van der Waals surface area contributed by atoms with Crippen molar-refractivity contribution in [1.29, 1.82) is 0 Å². The average Bonchev–Trinajstić information content (AvgIpc) is 2.94. The highest BCUT2D eigenvalue weighted by Crippen LogP contribution is 2.36. The number of sulfonamides is 1. The molecule has 0 spiro atoms. The van der Waals surface area contributed by atoms with Crippen molar-refractivity contribution in [1.82, 2.24) is 10.2 Å². The summed E-state index contributed by atoms with van der Waals surface area (Å²) in [7, 11) is -2.02. The Morgan fingerprint density at radius 2 is 1.83 bits per heavy atom. The largest absolute Gasteiger partial charge is 0.495 e. The third kappa shape index (κ3) is 6.92. The third-order valence-electron chi connectivity index (χ3n) is 6.37. The number of benzene rings is 3. The number of nitrogens with zero attached hydrogens (tertiary/aromatic N) is 3. The molecule has 0 aliphatic heterocycles. The average molecular weight is 607 g/mol. The van der Waals surface area contributed by atoms with Crippen LogP contribution in [0.15, 0.2) is 65.6 Å². The summed E-state index contributed by atoms with van der Waals surface area (Å²) in [6.07, 6.45) is 0. The highest BCUT2D eigenvalue weighted by atomic mass is 35.5. The van der Waals surface area contributed by atoms with Gasteiger partial charge in [-0.3, -0.25) is 24.0 Å². The lowest BCUT2D eigenvalue weighted by Crippen LogP contribution is -2.50. The maximum Gasteiger partial charge on any atom is 0.273 e. The van der Waals surface area contributed by atoms with Crippen LogP contribution in [0.2, 0.25) is 5.02 Å². The van der Waals surface area contributed by atoms with Crippen LogP contribution in [-0.4, -0.2) is 56.8 Å². The van der Waals surface area contributed by atoms with Gasteiger partial charge in [-0.1, -0.05) is 35.9 Å². The first kappa shape index (κ1) is 31.3. The topological polar surface area (TPSA) is 139 Å². The lowest BCUT2D eigenvalue weighted by Gasteiger charge is -2.32. The number of nitrogens with one attached hydrogen (secondary N) is 1. The summed E-state index contributed by atoms with van der Waals surface area (Å²) in [5.41, 5.74) is -0.243. The molecule has 1 N–H and O–H groups in total. The highest BCUT2D eigenvalue weighted by molar-refractivity contribution is 7.92. The molecule has 11 nitrogen and oxygen atoms in total. The summed E-state index contributed by atoms with van der Waals surface area (Å²) in [5.74, 6) is -2.02. The Hall–Kier alpha value is -4.23. The van der Waals surface area contributed by atoms with Crippen LogP contribution in [0, 0.1) is 22.9 Å². The number of methoxy groups -OCH3 is 1. The van der Waals surface area contributed by atoms with Gasteiger partial charge in [0.2, 0.25) is 11.8 Å². The van der Waals surface area contributed by atoms with Crippen LogP contribution in [0.25, 0.3) is 0 Å². The quantitative estimate of drug-likeness (QED) is 0.256. The number of nitro benzene ring substituents is 1. The first-order valence-corrected chi connectivity index (χ1v) is 14.0. The van der Waals surface area contributed by atoms with E-state index < -0.39 is 55.7 Å². The molecule has 1 atom stereocenters. The van der Waals surface area contributed by atoms with Gasteiger partial charge < -0.3 is 15.0 Å². The number of rotatable bonds is 11. The number of carbonyl (C=O) groups excluding carboxylic acids is 2. The fourth-order valence-electron chi connectivity index (χ4n) is 4.05. The van der Waals surface area contributed by atoms with Gasteiger partial charge in [0.25, 0.3) is 15.7 Å². The molecule has 3 rings (SSSR count). The van der Waals surface area contributed by atoms with Crippen LogP contribution >= 0.6 is 11.6 Å². The second kappa shape index (κ2) is 13.0. The molecule has 0 saturated carbocycles. The molecular weight excluding hydrogens is 579 g/mol. The van der Waals surface area contributed by atoms with E-state index in [0.29, 0.717) is 4.31 Å². The molecule has 0 radical (unpaired) electrons. The van der Waals surface area contributed by atoms with Crippen molar-refractivity contribution >= 4 is 44.8 Å². The summed E-state index contributed by atoms with van der Waals surface area (Å²) in [4.78, 5) is 37.8. The van der Waals surface area contributed by atoms with Crippen LogP contribution in [-0.2, 0) is 26.2 Å². The summed E-state index contributed by atoms with van der Waals surface area (Å²) in [6.45, 7) is 1.64. The standard InChI is InChI=1S/C27H28ClFN4O7S/c1-17-9-11-21(14-23(17)33(36)37)41(38,39)32(24-13-20(28)10-12-25(24)40-4)16-26(34)31(18(2)27(35)30-3)15-19-7-5-6-8-22(19)29/h5-14,18H,15-16H2,1-4H3,(H,30,35)/t18-/m1/s1. The molecule has 0 unspecified atom stereocenters. The predicted octanol–water partition coefficient (Wildman–Crippen LogP) is 4.06. The minimum absolute atomic E-state index is 0.0346. The molecule has 0 aliphatic rings. The van der Waals surface area contributed by atoms with Crippen LogP contribution in [0.4, 0.5) is 15.8 Å². The first-order valence-electron chi connectivity index (χ1n) is 12.2. The SMILES string of the molecule is CNC(=O)[C@@H](C)N(Cc1ccccc1F)C(=O)CN(c1cc(Cl)ccc1OC)S(=O)(=O)c1ccc(C)c([N+](=O)[O-])c1. The monoisotopic (exact) mass is 606 g/mol. The molecule has 0 bridgehead atoms. The molecule has 0 heterocycles. The molecular formula is C27H28ClFN4O7S. The number of hydrogen-bond donors (Lipinski definition) is 1. The zero-order valence-electron chi connectivity index (χ0n) is 22.6. The van der Waals surface area contributed by atoms with E-state index in [-0.39, 0.29) is 34.1 Å². The highest BCUT2D eigenvalue weighted by Gasteiger charge is 2.35. The summed E-state index contributed by atoms with van der Waals surface area (Å²) < 4.78 is 48.6. The fraction of sp³-hybridized carbons (Fsp3) is 0.259. The molecule has 3 aromatic carbocycles. The Balaban J connectivity index is 2.18. The smallest absolute Gasteiger partial charge is 0.273 e. The Morgan fingerprint density at radius 1 is 1.15 bits per heavy atom. The van der Waals surface area contributed by atoms with Crippen molar-refractivity contribution in [3.63, 3.8) is 0 Å². The number of anilines is 1. The van der Waals surface area contributed by atoms with Gasteiger partial charge >= 0.3 is 0 Å². The molecule has 0 aliphatic carbocycles. The number of ether oxygens (including phenoxy) is 1. The number of halogens is 2. The Kier molecular flexibility index (Phi) is 9.89. The Bertz CT molecular complexity index is 1590. The van der Waals surface area contributed by atoms with Crippen molar-refractivity contribution in [2.24, 2.45) is 0 Å². The van der Waals surface area contributed by atoms with Gasteiger partial charge in [0.05, 0.1) is 22.6 Å². The molecule has 3 aromatic rings. The van der Waals surface area contributed by atoms with Crippen molar-refractivity contribution in [2.45, 2.75) is 31.3 Å². The second-order valence-corrected chi connectivity index (χ2v) is 11.2. The number of aryl methyl sites for hydroxylation is 1. The predicted molar refractivity (Wildman–Crippen MR) is 151 cm³/mol. The van der Waals surface area contributed by atoms with Gasteiger partial charge in [-0.25, -0.2) is 12.8 Å². The maximum atomic E-state index is 14.5. The Labute approximate surface area is 241 Å². The van der Waals surface area contributed by atoms with E-state index in [1.807, 2.05) is 0 Å². The minimum atomic E-state index is -4.67. The van der Waals surface area contributed by atoms with Crippen molar-refractivity contribution in [3.8, 4) is 5.75 Å². The van der Waals surface area contributed by atoms with Crippen LogP contribution in [0.1, 0.15) is 18.1 Å². The van der Waals surface area contributed by atoms with Gasteiger partial charge in [-0.2, -0.15) is 0 Å². The van der Waals surface area contributed by atoms with Crippen LogP contribution in [0.3, 0.4) is 0 Å². The van der Waals surface area contributed by atoms with E-state index in [9.17, 15) is 32.5 Å². The minimum Gasteiger partial charge on any atom is -0.495 e. The molecule has 2 amide bonds. The normalized spacial score (nSPS) is 11.9. The van der Waals surface area contributed by atoms with Gasteiger partial charge in [-0.05, 0) is 44.2 Å². The Morgan fingerprint density at radius 3 is 2.44 bits per heavy atom. The van der Waals surface area contributed by atoms with Gasteiger partial charge in [-0.15, -0.1) is 0 Å². The number of amides is 2. The van der Waals surface area contributed by atoms with Gasteiger partial charge in [0.15, 0.2) is 0 Å². The van der Waals surface area contributed by atoms with E-state index in [2.05, 4.69) is 5.32 Å². The van der Waals surface area contributed by atoms with Gasteiger partial charge in [0, 0.05) is 35.8 Å². The molecule has 0 aromatic heterocycles. The van der Waals surface area contributed by atoms with Crippen molar-refractivity contribution in [2.75, 3.05) is 25.0 Å². The molecule has 41 heavy (non-hydrogen) atoms. The summed E-state index contributed by atoms with van der Waals surface area (Å²) in [5, 5.41) is 14.1. The van der Waals surface area contributed by atoms with Crippen molar-refractivity contribution in [3.05, 3.63) is 92.7 Å². The van der Waals surface area contributed by atoms with E-state index in [0.717, 1.165) is 11.0 Å². The van der Waals surface area contributed by atoms with E-state index in [1.54, 1.807) is 6.07 Å². The number of nitro groups is 1. The molecule has 218 valence electrons. The maximum absolute atomic E-state index is 14.5. The number of likely N-dealkylation sites (N-methyl/N-ethyl adjacent to an activating group) is 1. The first-order chi connectivity index (χ1) is 19.3. The number of carbonyl (C=O) groups is 2. The molecule has 0 saturated heterocycles. The fourth-order valence-corrected chi connectivity index (χ4v) is 5.65. The summed E-state index contributed by atoms with van der Waals surface area (Å²) >= 11 is 6.18. The lowest BCUT2D eigenvalue weighted by atomic mass is 10.1.